The highest BCUT2D eigenvalue weighted by Crippen LogP contribution is 2.55. The van der Waals surface area contributed by atoms with E-state index in [1.165, 1.54) is 48.0 Å². The monoisotopic (exact) mass is 458 g/mol. The van der Waals surface area contributed by atoms with Gasteiger partial charge in [0.25, 0.3) is 0 Å². The minimum atomic E-state index is -0.466. The van der Waals surface area contributed by atoms with Crippen molar-refractivity contribution in [1.29, 1.82) is 0 Å². The van der Waals surface area contributed by atoms with Gasteiger partial charge in [-0.05, 0) is 30.3 Å². The number of halogens is 1. The van der Waals surface area contributed by atoms with Crippen LogP contribution in [0.1, 0.15) is 22.8 Å². The normalized spacial score (nSPS) is 16.8. The number of ether oxygens (including phenoxy) is 4. The quantitative estimate of drug-likeness (QED) is 0.595. The molecule has 5 rings (SSSR count). The van der Waals surface area contributed by atoms with Crippen molar-refractivity contribution in [2.45, 2.75) is 12.3 Å². The van der Waals surface area contributed by atoms with Gasteiger partial charge in [0.2, 0.25) is 24.2 Å². The molecule has 32 heavy (non-hydrogen) atoms. The third kappa shape index (κ3) is 2.94. The number of carbonyl (C=O) groups is 1. The molecule has 10 heteroatoms. The number of anilines is 2. The molecule has 0 radical (unpaired) electrons. The molecule has 0 fully saturated rings. The van der Waals surface area contributed by atoms with Gasteiger partial charge in [-0.2, -0.15) is 0 Å². The number of aromatic nitrogens is 1. The Balaban J connectivity index is 1.72. The molecular weight excluding hydrogens is 439 g/mol. The van der Waals surface area contributed by atoms with Crippen molar-refractivity contribution >= 4 is 28.7 Å². The lowest BCUT2D eigenvalue weighted by molar-refractivity contribution is -0.118. The van der Waals surface area contributed by atoms with E-state index >= 15 is 0 Å². The molecule has 8 nitrogen and oxygen atoms in total. The lowest BCUT2D eigenvalue weighted by Crippen LogP contribution is -2.34. The van der Waals surface area contributed by atoms with E-state index < -0.39 is 11.7 Å². The number of hydrogen-bond donors (Lipinski definition) is 0. The van der Waals surface area contributed by atoms with Crippen LogP contribution in [-0.2, 0) is 11.8 Å². The Hall–Kier alpha value is -3.53. The number of benzene rings is 2. The highest BCUT2D eigenvalue weighted by atomic mass is 32.1. The molecule has 1 aromatic heterocycles. The average Bonchev–Trinajstić information content (AvgIpc) is 3.39. The van der Waals surface area contributed by atoms with Gasteiger partial charge in [0.15, 0.2) is 11.5 Å². The highest BCUT2D eigenvalue weighted by molar-refractivity contribution is 7.10. The van der Waals surface area contributed by atoms with E-state index in [1.54, 1.807) is 13.1 Å². The molecule has 0 spiro atoms. The van der Waals surface area contributed by atoms with Crippen LogP contribution in [0.4, 0.5) is 15.9 Å². The van der Waals surface area contributed by atoms with Crippen LogP contribution in [0.25, 0.3) is 0 Å². The largest absolute Gasteiger partial charge is 0.493 e. The number of methoxy groups -OCH3 is 2. The van der Waals surface area contributed by atoms with Crippen LogP contribution in [0.2, 0.25) is 0 Å². The van der Waals surface area contributed by atoms with Crippen LogP contribution < -0.4 is 28.7 Å². The molecule has 2 aromatic carbocycles. The minimum Gasteiger partial charge on any atom is -0.493 e. The van der Waals surface area contributed by atoms with Crippen LogP contribution in [0.5, 0.6) is 23.0 Å². The van der Waals surface area contributed by atoms with Crippen molar-refractivity contribution < 1.29 is 28.1 Å². The summed E-state index contributed by atoms with van der Waals surface area (Å²) in [6, 6.07) is 7.36. The smallest absolute Gasteiger partial charge is 0.308 e. The molecule has 2 aliphatic rings. The zero-order chi connectivity index (χ0) is 22.6. The summed E-state index contributed by atoms with van der Waals surface area (Å²) in [5, 5.41) is 0. The molecule has 0 aliphatic carbocycles. The van der Waals surface area contributed by atoms with Crippen molar-refractivity contribution in [1.82, 2.24) is 4.57 Å². The van der Waals surface area contributed by atoms with Crippen molar-refractivity contribution in [3.8, 4) is 23.0 Å². The molecule has 1 atom stereocenters. The second-order valence-corrected chi connectivity index (χ2v) is 8.34. The summed E-state index contributed by atoms with van der Waals surface area (Å²) in [5.74, 6) is 1.06. The number of fused-ring (bicyclic) bond motifs is 2. The second-order valence-electron chi connectivity index (χ2n) is 7.34. The van der Waals surface area contributed by atoms with Crippen molar-refractivity contribution in [3.63, 3.8) is 0 Å². The molecule has 166 valence electrons. The highest BCUT2D eigenvalue weighted by Gasteiger charge is 2.40. The van der Waals surface area contributed by atoms with Gasteiger partial charge in [0.1, 0.15) is 11.6 Å². The van der Waals surface area contributed by atoms with E-state index in [0.717, 1.165) is 11.3 Å². The van der Waals surface area contributed by atoms with Crippen LogP contribution in [-0.4, -0.2) is 31.5 Å². The van der Waals surface area contributed by atoms with Crippen molar-refractivity contribution in [3.05, 3.63) is 56.3 Å². The molecule has 0 saturated heterocycles. The fraction of sp³-hybridized carbons (Fsp3) is 0.273. The van der Waals surface area contributed by atoms with Gasteiger partial charge in [-0.25, -0.2) is 4.39 Å². The Morgan fingerprint density at radius 1 is 1.09 bits per heavy atom. The summed E-state index contributed by atoms with van der Waals surface area (Å²) in [7, 11) is 4.64. The molecule has 0 unspecified atom stereocenters. The lowest BCUT2D eigenvalue weighted by Gasteiger charge is -2.32. The maximum atomic E-state index is 13.5. The maximum Gasteiger partial charge on any atom is 0.308 e. The fourth-order valence-corrected chi connectivity index (χ4v) is 5.27. The van der Waals surface area contributed by atoms with Gasteiger partial charge in [-0.3, -0.25) is 19.1 Å². The van der Waals surface area contributed by atoms with Gasteiger partial charge in [-0.15, -0.1) is 0 Å². The van der Waals surface area contributed by atoms with E-state index in [2.05, 4.69) is 0 Å². The van der Waals surface area contributed by atoms with Crippen molar-refractivity contribution in [2.75, 3.05) is 25.9 Å². The van der Waals surface area contributed by atoms with Gasteiger partial charge < -0.3 is 18.9 Å². The third-order valence-electron chi connectivity index (χ3n) is 5.64. The van der Waals surface area contributed by atoms with Crippen LogP contribution in [0.15, 0.2) is 35.1 Å². The van der Waals surface area contributed by atoms with Gasteiger partial charge in [0.05, 0.1) is 24.8 Å². The van der Waals surface area contributed by atoms with E-state index in [1.807, 2.05) is 0 Å². The lowest BCUT2D eigenvalue weighted by atomic mass is 9.89. The van der Waals surface area contributed by atoms with Gasteiger partial charge in [-0.1, -0.05) is 11.3 Å². The van der Waals surface area contributed by atoms with E-state index in [4.69, 9.17) is 18.9 Å². The second kappa shape index (κ2) is 7.56. The van der Waals surface area contributed by atoms with Crippen LogP contribution in [0, 0.1) is 5.82 Å². The predicted molar refractivity (Wildman–Crippen MR) is 115 cm³/mol. The Morgan fingerprint density at radius 3 is 2.50 bits per heavy atom. The SMILES string of the molecule is COc1cc([C@H]2CC(=O)N(c3ccc(F)cc3)c3c2sc(=O)n3C)c(OC)c2c1OCO2. The molecule has 0 bridgehead atoms. The Bertz CT molecular complexity index is 1280. The first-order valence-electron chi connectivity index (χ1n) is 9.77. The molecule has 0 saturated carbocycles. The zero-order valence-corrected chi connectivity index (χ0v) is 18.3. The number of nitrogens with zero attached hydrogens (tertiary/aromatic N) is 2. The summed E-state index contributed by atoms with van der Waals surface area (Å²) >= 11 is 1.06. The molecular formula is C22H19FN2O6S. The van der Waals surface area contributed by atoms with E-state index in [9.17, 15) is 14.0 Å². The maximum absolute atomic E-state index is 13.5. The number of hydrogen-bond acceptors (Lipinski definition) is 7. The summed E-state index contributed by atoms with van der Waals surface area (Å²) in [6.07, 6.45) is 0.0729. The number of rotatable bonds is 4. The zero-order valence-electron chi connectivity index (χ0n) is 17.5. The van der Waals surface area contributed by atoms with E-state index in [-0.39, 0.29) is 24.0 Å². The van der Waals surface area contributed by atoms with Crippen molar-refractivity contribution in [2.24, 2.45) is 7.05 Å². The van der Waals surface area contributed by atoms with Crippen LogP contribution >= 0.6 is 11.3 Å². The first-order valence-corrected chi connectivity index (χ1v) is 10.6. The average molecular weight is 458 g/mol. The fourth-order valence-electron chi connectivity index (χ4n) is 4.19. The molecule has 3 aromatic rings. The van der Waals surface area contributed by atoms with E-state index in [0.29, 0.717) is 44.9 Å². The topological polar surface area (TPSA) is 79.2 Å². The molecule has 1 amide bonds. The van der Waals surface area contributed by atoms with Gasteiger partial charge in [0, 0.05) is 24.9 Å². The summed E-state index contributed by atoms with van der Waals surface area (Å²) in [6.45, 7) is 0.0252. The predicted octanol–water partition coefficient (Wildman–Crippen LogP) is 3.53. The number of thiazole rings is 1. The van der Waals surface area contributed by atoms with Gasteiger partial charge >= 0.3 is 4.87 Å². The van der Waals surface area contributed by atoms with Crippen LogP contribution in [0.3, 0.4) is 0 Å². The molecule has 0 N–H and O–H groups in total. The summed E-state index contributed by atoms with van der Waals surface area (Å²) < 4.78 is 37.2. The summed E-state index contributed by atoms with van der Waals surface area (Å²) in [4.78, 5) is 28.0. The summed E-state index contributed by atoms with van der Waals surface area (Å²) in [5.41, 5.74) is 1.14. The number of carbonyl (C=O) groups excluding carboxylic acids is 1. The number of amides is 1. The first kappa shape index (κ1) is 20.4. The minimum absolute atomic E-state index is 0.0252. The Labute approximate surface area is 186 Å². The third-order valence-corrected chi connectivity index (χ3v) is 6.78. The standard InChI is InChI=1S/C22H19FN2O6S/c1-24-21-20(32-22(24)27)14(9-16(26)25(21)12-6-4-11(23)5-7-12)13-8-15(28-2)18-19(17(13)29-3)31-10-30-18/h4-8,14H,9-10H2,1-3H3/t14-/m1/s1. The Kier molecular flexibility index (Phi) is 4.81. The molecule has 2 aliphatic heterocycles. The molecule has 3 heterocycles. The first-order chi connectivity index (χ1) is 15.4. The Morgan fingerprint density at radius 2 is 1.81 bits per heavy atom.